The zero-order valence-electron chi connectivity index (χ0n) is 15.1. The normalized spacial score (nSPS) is 21.4. The van der Waals surface area contributed by atoms with E-state index in [-0.39, 0.29) is 79.4 Å². The van der Waals surface area contributed by atoms with Crippen LogP contribution in [0.2, 0.25) is 4.34 Å². The van der Waals surface area contributed by atoms with Crippen LogP contribution in [0.25, 0.3) is 0 Å². The maximum Gasteiger partial charge on any atom is 1.00 e. The van der Waals surface area contributed by atoms with Crippen LogP contribution < -0.4 is 62.4 Å². The van der Waals surface area contributed by atoms with Gasteiger partial charge in [0.25, 0.3) is 11.8 Å². The summed E-state index contributed by atoms with van der Waals surface area (Å²) >= 11 is 8.31. The van der Waals surface area contributed by atoms with Crippen LogP contribution in [0, 0.1) is 0 Å². The van der Waals surface area contributed by atoms with Crippen molar-refractivity contribution in [1.82, 2.24) is 15.2 Å². The molecular formula is C13H13ClKN5O5S2. The van der Waals surface area contributed by atoms with Crippen molar-refractivity contribution in [2.45, 2.75) is 11.4 Å². The Kier molecular flexibility index (Phi) is 7.72. The van der Waals surface area contributed by atoms with Crippen molar-refractivity contribution in [3.63, 3.8) is 0 Å². The van der Waals surface area contributed by atoms with Gasteiger partial charge in [0.1, 0.15) is 34.3 Å². The number of carboxylic acids is 1. The monoisotopic (exact) mass is 457 g/mol. The van der Waals surface area contributed by atoms with Gasteiger partial charge in [-0.3, -0.25) is 14.5 Å². The summed E-state index contributed by atoms with van der Waals surface area (Å²) in [6, 6.07) is -0.896. The molecule has 0 unspecified atom stereocenters. The van der Waals surface area contributed by atoms with Crippen LogP contribution >= 0.6 is 34.7 Å². The molecule has 1 saturated heterocycles. The summed E-state index contributed by atoms with van der Waals surface area (Å²) < 4.78 is 0.151. The number of nitrogens with two attached hydrogens (primary N) is 1. The number of carbonyl (C=O) groups excluding carboxylic acids is 2. The first kappa shape index (κ1) is 22.6. The number of carbonyl (C=O) groups is 3. The van der Waals surface area contributed by atoms with E-state index in [9.17, 15) is 14.4 Å². The van der Waals surface area contributed by atoms with Crippen LogP contribution in [0.1, 0.15) is 7.12 Å². The summed E-state index contributed by atoms with van der Waals surface area (Å²) in [5, 5.41) is 14.9. The molecule has 4 N–H and O–H groups in total. The topological polar surface area (TPSA) is 147 Å². The number of thiazole rings is 1. The molecule has 0 aromatic carbocycles. The van der Waals surface area contributed by atoms with Gasteiger partial charge in [0, 0.05) is 5.75 Å². The Hall–Kier alpha value is -0.674. The average molecular weight is 458 g/mol. The first-order valence-electron chi connectivity index (χ1n) is 7.07. The van der Waals surface area contributed by atoms with Gasteiger partial charge in [0.2, 0.25) is 0 Å². The van der Waals surface area contributed by atoms with E-state index in [2.05, 4.69) is 20.3 Å². The number of nitrogen functional groups attached to an aromatic ring is 1. The third-order valence-corrected chi connectivity index (χ3v) is 5.84. The van der Waals surface area contributed by atoms with E-state index in [4.69, 9.17) is 22.4 Å². The molecule has 0 spiro atoms. The van der Waals surface area contributed by atoms with Crippen molar-refractivity contribution < 1.29 is 77.1 Å². The van der Waals surface area contributed by atoms with E-state index >= 15 is 0 Å². The number of anilines is 1. The first-order chi connectivity index (χ1) is 12.3. The summed E-state index contributed by atoms with van der Waals surface area (Å²) in [7, 11) is 1.24. The summed E-state index contributed by atoms with van der Waals surface area (Å²) in [6.07, 6.45) is 1.45. The van der Waals surface area contributed by atoms with Gasteiger partial charge in [-0.25, -0.2) is 9.78 Å². The number of amides is 2. The van der Waals surface area contributed by atoms with Gasteiger partial charge in [0.15, 0.2) is 10.8 Å². The van der Waals surface area contributed by atoms with E-state index < -0.39 is 29.2 Å². The van der Waals surface area contributed by atoms with Crippen molar-refractivity contribution >= 4 is 63.3 Å². The molecule has 2 atom stereocenters. The van der Waals surface area contributed by atoms with Gasteiger partial charge in [-0.1, -0.05) is 28.1 Å². The molecule has 1 aromatic rings. The van der Waals surface area contributed by atoms with Crippen LogP contribution in [-0.2, 0) is 19.2 Å². The Bertz CT molecular complexity index is 866. The third kappa shape index (κ3) is 4.34. The van der Waals surface area contributed by atoms with Crippen molar-refractivity contribution in [3.05, 3.63) is 21.8 Å². The molecule has 27 heavy (non-hydrogen) atoms. The van der Waals surface area contributed by atoms with E-state index in [1.165, 1.54) is 24.9 Å². The molecule has 1 aromatic heterocycles. The number of hydrogen-bond acceptors (Lipinski definition) is 9. The molecule has 0 aliphatic carbocycles. The fourth-order valence-electron chi connectivity index (χ4n) is 2.49. The van der Waals surface area contributed by atoms with Gasteiger partial charge in [-0.15, -0.1) is 11.8 Å². The Morgan fingerprint density at radius 2 is 2.30 bits per heavy atom. The molecule has 1 fully saturated rings. The molecular weight excluding hydrogens is 445 g/mol. The van der Waals surface area contributed by atoms with Crippen LogP contribution in [0.15, 0.2) is 16.9 Å². The molecule has 3 rings (SSSR count). The number of halogens is 1. The number of thioether (sulfide) groups is 1. The predicted molar refractivity (Wildman–Crippen MR) is 96.9 cm³/mol. The molecule has 2 aliphatic heterocycles. The number of carboxylic acid groups (broad SMARTS) is 1. The van der Waals surface area contributed by atoms with E-state index in [0.29, 0.717) is 5.75 Å². The van der Waals surface area contributed by atoms with Gasteiger partial charge in [-0.05, 0) is 6.08 Å². The Labute approximate surface area is 210 Å². The quantitative estimate of drug-likeness (QED) is 0.186. The fourth-order valence-corrected chi connectivity index (χ4v) is 4.62. The molecule has 10 nitrogen and oxygen atoms in total. The van der Waals surface area contributed by atoms with E-state index in [0.717, 1.165) is 16.2 Å². The number of aliphatic carboxylic acids is 1. The average Bonchev–Trinajstić information content (AvgIpc) is 2.94. The number of hydrogen-bond donors (Lipinski definition) is 3. The predicted octanol–water partition coefficient (Wildman–Crippen LogP) is -2.79. The SMILES string of the molecule is CO/N=C(/C(=O)N[C@@H]1C(=O)N2C(C(=O)O)=CCS[C@H]12)c1nc(N)sc1Cl.[H-].[K+]. The van der Waals surface area contributed by atoms with Crippen molar-refractivity contribution in [2.75, 3.05) is 18.6 Å². The maximum atomic E-state index is 12.6. The van der Waals surface area contributed by atoms with Gasteiger partial charge in [0.05, 0.1) is 0 Å². The third-order valence-electron chi connectivity index (χ3n) is 3.58. The summed E-state index contributed by atoms with van der Waals surface area (Å²) in [4.78, 5) is 45.8. The fraction of sp³-hybridized carbons (Fsp3) is 0.308. The Morgan fingerprint density at radius 3 is 2.85 bits per heavy atom. The number of nitrogens with zero attached hydrogens (tertiary/aromatic N) is 3. The number of nitrogens with one attached hydrogen (secondary N) is 1. The number of aromatic nitrogens is 1. The second kappa shape index (κ2) is 9.22. The first-order valence-corrected chi connectivity index (χ1v) is 9.31. The van der Waals surface area contributed by atoms with Crippen LogP contribution in [-0.4, -0.2) is 62.8 Å². The van der Waals surface area contributed by atoms with E-state index in [1.807, 2.05) is 0 Å². The molecule has 3 heterocycles. The Morgan fingerprint density at radius 1 is 1.59 bits per heavy atom. The summed E-state index contributed by atoms with van der Waals surface area (Å²) in [5.41, 5.74) is 5.29. The second-order valence-electron chi connectivity index (χ2n) is 5.07. The number of β-lactam (4-membered cyclic amide) rings is 1. The summed E-state index contributed by atoms with van der Waals surface area (Å²) in [5.74, 6) is -2.04. The Balaban J connectivity index is 0.00000196. The summed E-state index contributed by atoms with van der Waals surface area (Å²) in [6.45, 7) is 0. The van der Waals surface area contributed by atoms with Crippen molar-refractivity contribution in [1.29, 1.82) is 0 Å². The minimum atomic E-state index is -1.19. The minimum absolute atomic E-state index is 0. The zero-order chi connectivity index (χ0) is 19.0. The van der Waals surface area contributed by atoms with Crippen molar-refractivity contribution in [3.8, 4) is 0 Å². The molecule has 0 radical (unpaired) electrons. The molecule has 14 heteroatoms. The molecule has 2 aliphatic rings. The van der Waals surface area contributed by atoms with E-state index in [1.54, 1.807) is 0 Å². The minimum Gasteiger partial charge on any atom is -1.00 e. The van der Waals surface area contributed by atoms with Crippen LogP contribution in [0.5, 0.6) is 0 Å². The molecule has 0 bridgehead atoms. The van der Waals surface area contributed by atoms with Gasteiger partial charge >= 0.3 is 57.4 Å². The second-order valence-corrected chi connectivity index (χ2v) is 7.86. The van der Waals surface area contributed by atoms with Gasteiger partial charge < -0.3 is 22.4 Å². The largest absolute Gasteiger partial charge is 1.00 e. The zero-order valence-corrected chi connectivity index (χ0v) is 19.6. The number of fused-ring (bicyclic) bond motifs is 1. The smallest absolute Gasteiger partial charge is 1.00 e. The standard InChI is InChI=1S/C13H12ClN5O5S2.K.H/c1-24-18-6(5-8(14)26-13(15)17-5)9(20)16-7-10(21)19-4(12(22)23)2-3-25-11(7)19;;/h2,7,11H,3H2,1H3,(H2,15,17)(H,16,20)(H,22,23);;/q;+1;-1/b18-6+;;/t7-,11-;;/m1../s1. The number of oxime groups is 1. The van der Waals surface area contributed by atoms with Crippen LogP contribution in [0.4, 0.5) is 5.13 Å². The maximum absolute atomic E-state index is 12.6. The van der Waals surface area contributed by atoms with Gasteiger partial charge in [-0.2, -0.15) is 0 Å². The molecule has 0 saturated carbocycles. The number of rotatable bonds is 5. The molecule has 140 valence electrons. The molecule has 2 amide bonds. The van der Waals surface area contributed by atoms with Crippen LogP contribution in [0.3, 0.4) is 0 Å². The van der Waals surface area contributed by atoms with Crippen molar-refractivity contribution in [2.24, 2.45) is 5.16 Å².